The first-order valence-electron chi connectivity index (χ1n) is 4.33. The summed E-state index contributed by atoms with van der Waals surface area (Å²) < 4.78 is 0. The van der Waals surface area contributed by atoms with Gasteiger partial charge in [-0.1, -0.05) is 24.3 Å². The molecule has 2 nitrogen and oxygen atoms in total. The van der Waals surface area contributed by atoms with Crippen molar-refractivity contribution in [3.05, 3.63) is 31.7 Å². The van der Waals surface area contributed by atoms with Gasteiger partial charge in [0.1, 0.15) is 0 Å². The molecule has 0 aromatic heterocycles. The first-order valence-corrected chi connectivity index (χ1v) is 4.33. The largest absolute Gasteiger partial charge is 1.00 e. The average Bonchev–Trinajstić information content (AvgIpc) is 2.40. The maximum Gasteiger partial charge on any atom is 1.00 e. The van der Waals surface area contributed by atoms with E-state index in [1.54, 1.807) is 0 Å². The van der Waals surface area contributed by atoms with E-state index in [-0.39, 0.29) is 71.0 Å². The van der Waals surface area contributed by atoms with Gasteiger partial charge in [-0.05, 0) is 12.8 Å². The topological polar surface area (TPSA) is 26.3 Å². The van der Waals surface area contributed by atoms with Gasteiger partial charge in [-0.3, -0.25) is 4.90 Å². The summed E-state index contributed by atoms with van der Waals surface area (Å²) in [4.78, 5) is 2.24. The van der Waals surface area contributed by atoms with Crippen LogP contribution in [0.4, 0.5) is 0 Å². The standard InChI is InChI=1S/C10H14NO.CH3.K/c1-8-3-10(7-12)4-9(2)6-11(10)5-8;;/h1-7H2;1H3;/q2*-1;+1. The van der Waals surface area contributed by atoms with Crippen molar-refractivity contribution in [1.29, 1.82) is 0 Å². The molecular weight excluding hydrogens is 201 g/mol. The first-order chi connectivity index (χ1) is 5.66. The SMILES string of the molecule is C=C1CN2CC(=C)CC2(C[O-])C1.[CH3-].[K+]. The predicted octanol–water partition coefficient (Wildman–Crippen LogP) is -2.24. The molecule has 0 aliphatic carbocycles. The van der Waals surface area contributed by atoms with Gasteiger partial charge in [0.2, 0.25) is 0 Å². The quantitative estimate of drug-likeness (QED) is 0.283. The minimum atomic E-state index is -0.131. The van der Waals surface area contributed by atoms with E-state index in [1.807, 2.05) is 0 Å². The Morgan fingerprint density at radius 1 is 1.21 bits per heavy atom. The first kappa shape index (κ1) is 15.0. The second-order valence-corrected chi connectivity index (χ2v) is 4.08. The van der Waals surface area contributed by atoms with Gasteiger partial charge in [-0.2, -0.15) is 0 Å². The molecule has 14 heavy (non-hydrogen) atoms. The van der Waals surface area contributed by atoms with Crippen LogP contribution in [0, 0.1) is 7.43 Å². The average molecular weight is 218 g/mol. The number of hydrogen-bond donors (Lipinski definition) is 0. The fourth-order valence-electron chi connectivity index (χ4n) is 2.45. The predicted molar refractivity (Wildman–Crippen MR) is 53.1 cm³/mol. The zero-order valence-electron chi connectivity index (χ0n) is 9.31. The minimum absolute atomic E-state index is 0. The fraction of sp³-hybridized carbons (Fsp3) is 0.545. The van der Waals surface area contributed by atoms with Gasteiger partial charge in [0.15, 0.2) is 0 Å². The van der Waals surface area contributed by atoms with Crippen molar-refractivity contribution in [1.82, 2.24) is 4.90 Å². The molecule has 2 saturated heterocycles. The Balaban J connectivity index is 0.000000845. The van der Waals surface area contributed by atoms with Crippen molar-refractivity contribution < 1.29 is 56.5 Å². The Labute approximate surface area is 129 Å². The van der Waals surface area contributed by atoms with E-state index in [0.29, 0.717) is 0 Å². The number of fused-ring (bicyclic) bond motifs is 1. The van der Waals surface area contributed by atoms with Crippen molar-refractivity contribution >= 4 is 0 Å². The Hall–Kier alpha value is 1.04. The van der Waals surface area contributed by atoms with Crippen molar-refractivity contribution in [3.8, 4) is 0 Å². The molecular formula is C11H17KNO-. The van der Waals surface area contributed by atoms with Gasteiger partial charge in [-0.15, -0.1) is 6.61 Å². The fourth-order valence-corrected chi connectivity index (χ4v) is 2.45. The van der Waals surface area contributed by atoms with Crippen LogP contribution in [0.15, 0.2) is 24.3 Å². The summed E-state index contributed by atoms with van der Waals surface area (Å²) in [5.41, 5.74) is 2.28. The van der Waals surface area contributed by atoms with Gasteiger partial charge >= 0.3 is 51.4 Å². The van der Waals surface area contributed by atoms with E-state index < -0.39 is 0 Å². The zero-order valence-corrected chi connectivity index (χ0v) is 12.4. The number of hydrogen-bond acceptors (Lipinski definition) is 2. The molecule has 2 aliphatic rings. The summed E-state index contributed by atoms with van der Waals surface area (Å²) in [6.45, 7) is 9.69. The van der Waals surface area contributed by atoms with Crippen molar-refractivity contribution in [2.75, 3.05) is 19.7 Å². The number of nitrogens with zero attached hydrogens (tertiary/aromatic N) is 1. The summed E-state index contributed by atoms with van der Waals surface area (Å²) in [5, 5.41) is 11.1. The molecule has 2 heterocycles. The molecule has 0 spiro atoms. The molecule has 2 rings (SSSR count). The van der Waals surface area contributed by atoms with E-state index in [9.17, 15) is 5.11 Å². The molecule has 0 saturated carbocycles. The maximum atomic E-state index is 11.1. The van der Waals surface area contributed by atoms with Crippen molar-refractivity contribution in [2.45, 2.75) is 18.4 Å². The van der Waals surface area contributed by atoms with Crippen LogP contribution in [0.3, 0.4) is 0 Å². The van der Waals surface area contributed by atoms with Gasteiger partial charge in [-0.25, -0.2) is 0 Å². The molecule has 3 heteroatoms. The molecule has 0 N–H and O–H groups in total. The van der Waals surface area contributed by atoms with Crippen LogP contribution in [-0.2, 0) is 0 Å². The van der Waals surface area contributed by atoms with Crippen LogP contribution >= 0.6 is 0 Å². The van der Waals surface area contributed by atoms with Crippen LogP contribution in [-0.4, -0.2) is 30.1 Å². The summed E-state index contributed by atoms with van der Waals surface area (Å²) in [6.07, 6.45) is 1.77. The van der Waals surface area contributed by atoms with E-state index in [0.717, 1.165) is 25.9 Å². The molecule has 74 valence electrons. The zero-order chi connectivity index (χ0) is 8.77. The van der Waals surface area contributed by atoms with Crippen molar-refractivity contribution in [2.24, 2.45) is 0 Å². The third-order valence-electron chi connectivity index (χ3n) is 2.93. The Kier molecular flexibility index (Phi) is 5.79. The second-order valence-electron chi connectivity index (χ2n) is 4.08. The van der Waals surface area contributed by atoms with E-state index in [4.69, 9.17) is 0 Å². The molecule has 0 bridgehead atoms. The van der Waals surface area contributed by atoms with Crippen LogP contribution in [0.25, 0.3) is 0 Å². The van der Waals surface area contributed by atoms with E-state index in [1.165, 1.54) is 11.1 Å². The van der Waals surface area contributed by atoms with E-state index in [2.05, 4.69) is 18.1 Å². The van der Waals surface area contributed by atoms with Gasteiger partial charge in [0, 0.05) is 18.6 Å². The monoisotopic (exact) mass is 218 g/mol. The summed E-state index contributed by atoms with van der Waals surface area (Å²) in [5.74, 6) is 0. The van der Waals surface area contributed by atoms with Crippen LogP contribution in [0.1, 0.15) is 12.8 Å². The van der Waals surface area contributed by atoms with Gasteiger partial charge < -0.3 is 12.5 Å². The molecule has 2 fully saturated rings. The third kappa shape index (κ3) is 2.40. The normalized spacial score (nSPS) is 24.1. The molecule has 2 aliphatic heterocycles. The Morgan fingerprint density at radius 2 is 1.64 bits per heavy atom. The van der Waals surface area contributed by atoms with Crippen LogP contribution < -0.4 is 56.5 Å². The minimum Gasteiger partial charge on any atom is -0.853 e. The molecule has 0 unspecified atom stereocenters. The smallest absolute Gasteiger partial charge is 0.853 e. The van der Waals surface area contributed by atoms with E-state index >= 15 is 0 Å². The molecule has 0 aromatic rings. The molecule has 0 atom stereocenters. The van der Waals surface area contributed by atoms with Gasteiger partial charge in [0.25, 0.3) is 0 Å². The second kappa shape index (κ2) is 5.39. The maximum absolute atomic E-state index is 11.1. The third-order valence-corrected chi connectivity index (χ3v) is 2.93. The van der Waals surface area contributed by atoms with Crippen molar-refractivity contribution in [3.63, 3.8) is 0 Å². The molecule has 0 amide bonds. The summed E-state index contributed by atoms with van der Waals surface area (Å²) in [6, 6.07) is 0. The van der Waals surface area contributed by atoms with Gasteiger partial charge in [0.05, 0.1) is 0 Å². The Morgan fingerprint density at radius 3 is 1.93 bits per heavy atom. The Bertz CT molecular complexity index is 230. The molecule has 0 aromatic carbocycles. The number of rotatable bonds is 1. The molecule has 0 radical (unpaired) electrons. The van der Waals surface area contributed by atoms with Crippen LogP contribution in [0.5, 0.6) is 0 Å². The summed E-state index contributed by atoms with van der Waals surface area (Å²) >= 11 is 0. The summed E-state index contributed by atoms with van der Waals surface area (Å²) in [7, 11) is 0. The van der Waals surface area contributed by atoms with Crippen LogP contribution in [0.2, 0.25) is 0 Å².